The van der Waals surface area contributed by atoms with Crippen LogP contribution >= 0.6 is 11.3 Å². The summed E-state index contributed by atoms with van der Waals surface area (Å²) in [7, 11) is 0. The van der Waals surface area contributed by atoms with Gasteiger partial charge in [0.15, 0.2) is 0 Å². The molecule has 3 rings (SSSR count). The van der Waals surface area contributed by atoms with E-state index in [1.807, 2.05) is 37.3 Å². The molecule has 2 N–H and O–H groups in total. The Balaban J connectivity index is 1.55. The highest BCUT2D eigenvalue weighted by molar-refractivity contribution is 7.14. The molecule has 1 fully saturated rings. The average molecular weight is 344 g/mol. The maximum absolute atomic E-state index is 12.5. The molecule has 0 spiro atoms. The highest BCUT2D eigenvalue weighted by Gasteiger charge is 2.18. The van der Waals surface area contributed by atoms with E-state index in [0.29, 0.717) is 11.4 Å². The summed E-state index contributed by atoms with van der Waals surface area (Å²) in [6.45, 7) is 8.00. The molecule has 1 aromatic carbocycles. The van der Waals surface area contributed by atoms with Crippen molar-refractivity contribution in [2.75, 3.05) is 39.3 Å². The Morgan fingerprint density at radius 2 is 2.04 bits per heavy atom. The van der Waals surface area contributed by atoms with Crippen molar-refractivity contribution in [2.24, 2.45) is 0 Å². The highest BCUT2D eigenvalue weighted by Crippen LogP contribution is 2.27. The van der Waals surface area contributed by atoms with Crippen LogP contribution in [-0.4, -0.2) is 55.1 Å². The molecule has 1 aromatic heterocycles. The van der Waals surface area contributed by atoms with Crippen molar-refractivity contribution in [3.63, 3.8) is 0 Å². The van der Waals surface area contributed by atoms with Crippen LogP contribution in [0.3, 0.4) is 0 Å². The molecule has 1 saturated heterocycles. The van der Waals surface area contributed by atoms with Gasteiger partial charge in [-0.25, -0.2) is 4.98 Å². The fourth-order valence-electron chi connectivity index (χ4n) is 2.89. The van der Waals surface area contributed by atoms with Crippen LogP contribution in [0.15, 0.2) is 30.3 Å². The van der Waals surface area contributed by atoms with Crippen LogP contribution in [0.5, 0.6) is 0 Å². The summed E-state index contributed by atoms with van der Waals surface area (Å²) in [4.78, 5) is 20.2. The van der Waals surface area contributed by atoms with Gasteiger partial charge in [-0.05, 0) is 19.9 Å². The van der Waals surface area contributed by atoms with E-state index in [-0.39, 0.29) is 5.91 Å². The van der Waals surface area contributed by atoms with Crippen molar-refractivity contribution in [2.45, 2.75) is 13.3 Å². The van der Waals surface area contributed by atoms with Gasteiger partial charge in [0, 0.05) is 38.3 Å². The smallest absolute Gasteiger partial charge is 0.263 e. The predicted octanol–water partition coefficient (Wildman–Crippen LogP) is 2.14. The minimum absolute atomic E-state index is 0.0141. The van der Waals surface area contributed by atoms with Gasteiger partial charge >= 0.3 is 0 Å². The largest absolute Gasteiger partial charge is 0.351 e. The monoisotopic (exact) mass is 344 g/mol. The Kier molecular flexibility index (Phi) is 5.96. The van der Waals surface area contributed by atoms with E-state index in [1.165, 1.54) is 11.3 Å². The molecule has 2 heterocycles. The van der Waals surface area contributed by atoms with Gasteiger partial charge in [-0.1, -0.05) is 30.3 Å². The molecule has 6 heteroatoms. The topological polar surface area (TPSA) is 57.3 Å². The third-order valence-corrected chi connectivity index (χ3v) is 5.10. The van der Waals surface area contributed by atoms with E-state index in [2.05, 4.69) is 20.5 Å². The Hall–Kier alpha value is -1.76. The Morgan fingerprint density at radius 3 is 2.79 bits per heavy atom. The first-order valence-corrected chi connectivity index (χ1v) is 9.30. The van der Waals surface area contributed by atoms with Gasteiger partial charge in [-0.2, -0.15) is 0 Å². The molecule has 1 aliphatic heterocycles. The molecular formula is C18H24N4OS. The van der Waals surface area contributed by atoms with E-state index < -0.39 is 0 Å². The summed E-state index contributed by atoms with van der Waals surface area (Å²) in [5.74, 6) is -0.0141. The Labute approximate surface area is 147 Å². The number of carbonyl (C=O) groups is 1. The van der Waals surface area contributed by atoms with Gasteiger partial charge < -0.3 is 15.5 Å². The van der Waals surface area contributed by atoms with Crippen molar-refractivity contribution >= 4 is 17.2 Å². The van der Waals surface area contributed by atoms with E-state index in [4.69, 9.17) is 0 Å². The number of thiazole rings is 1. The van der Waals surface area contributed by atoms with Crippen molar-refractivity contribution in [3.05, 3.63) is 40.2 Å². The minimum atomic E-state index is -0.0141. The van der Waals surface area contributed by atoms with Gasteiger partial charge in [-0.3, -0.25) is 4.79 Å². The number of carbonyl (C=O) groups excluding carboxylic acids is 1. The van der Waals surface area contributed by atoms with Crippen LogP contribution in [-0.2, 0) is 0 Å². The standard InChI is InChI=1S/C18H24N4OS/c1-14-21-16(15-6-3-2-4-7-15)17(24-14)18(23)20-8-5-11-22-12-9-19-10-13-22/h2-4,6-7,19H,5,8-13H2,1H3,(H,20,23). The molecule has 0 aliphatic carbocycles. The third kappa shape index (κ3) is 4.41. The van der Waals surface area contributed by atoms with Crippen LogP contribution in [0.4, 0.5) is 0 Å². The number of aryl methyl sites for hydroxylation is 1. The molecule has 2 aromatic rings. The van der Waals surface area contributed by atoms with Crippen molar-refractivity contribution in [1.82, 2.24) is 20.5 Å². The minimum Gasteiger partial charge on any atom is -0.351 e. The summed E-state index contributed by atoms with van der Waals surface area (Å²) < 4.78 is 0. The predicted molar refractivity (Wildman–Crippen MR) is 98.5 cm³/mol. The van der Waals surface area contributed by atoms with Crippen LogP contribution in [0, 0.1) is 6.92 Å². The maximum Gasteiger partial charge on any atom is 0.263 e. The first-order chi connectivity index (χ1) is 11.7. The number of amides is 1. The number of hydrogen-bond acceptors (Lipinski definition) is 5. The molecular weight excluding hydrogens is 320 g/mol. The zero-order valence-electron chi connectivity index (χ0n) is 14.0. The lowest BCUT2D eigenvalue weighted by atomic mass is 10.1. The molecule has 24 heavy (non-hydrogen) atoms. The second-order valence-electron chi connectivity index (χ2n) is 5.98. The summed E-state index contributed by atoms with van der Waals surface area (Å²) in [6.07, 6.45) is 0.976. The van der Waals surface area contributed by atoms with Gasteiger partial charge in [-0.15, -0.1) is 11.3 Å². The molecule has 5 nitrogen and oxygen atoms in total. The van der Waals surface area contributed by atoms with E-state index in [0.717, 1.165) is 55.4 Å². The van der Waals surface area contributed by atoms with E-state index in [1.54, 1.807) is 0 Å². The molecule has 0 saturated carbocycles. The van der Waals surface area contributed by atoms with Crippen molar-refractivity contribution in [1.29, 1.82) is 0 Å². The number of rotatable bonds is 6. The summed E-state index contributed by atoms with van der Waals surface area (Å²) in [5.41, 5.74) is 1.78. The molecule has 0 atom stereocenters. The molecule has 1 amide bonds. The molecule has 0 radical (unpaired) electrons. The summed E-state index contributed by atoms with van der Waals surface area (Å²) in [5, 5.41) is 7.32. The van der Waals surface area contributed by atoms with Crippen LogP contribution < -0.4 is 10.6 Å². The van der Waals surface area contributed by atoms with Gasteiger partial charge in [0.05, 0.1) is 10.7 Å². The van der Waals surface area contributed by atoms with Gasteiger partial charge in [0.1, 0.15) is 4.88 Å². The Morgan fingerprint density at radius 1 is 1.29 bits per heavy atom. The lowest BCUT2D eigenvalue weighted by Crippen LogP contribution is -2.44. The second kappa shape index (κ2) is 8.37. The van der Waals surface area contributed by atoms with Crippen LogP contribution in [0.2, 0.25) is 0 Å². The van der Waals surface area contributed by atoms with E-state index >= 15 is 0 Å². The fourth-order valence-corrected chi connectivity index (χ4v) is 3.75. The van der Waals surface area contributed by atoms with Gasteiger partial charge in [0.25, 0.3) is 5.91 Å². The molecule has 128 valence electrons. The zero-order valence-corrected chi connectivity index (χ0v) is 14.9. The number of nitrogens with one attached hydrogen (secondary N) is 2. The highest BCUT2D eigenvalue weighted by atomic mass is 32.1. The number of aromatic nitrogens is 1. The number of piperazine rings is 1. The first kappa shape index (κ1) is 17.1. The molecule has 0 bridgehead atoms. The number of nitrogens with zero attached hydrogens (tertiary/aromatic N) is 2. The quantitative estimate of drug-likeness (QED) is 0.789. The van der Waals surface area contributed by atoms with Crippen LogP contribution in [0.25, 0.3) is 11.3 Å². The van der Waals surface area contributed by atoms with Gasteiger partial charge in [0.2, 0.25) is 0 Å². The molecule has 0 unspecified atom stereocenters. The first-order valence-electron chi connectivity index (χ1n) is 8.48. The number of hydrogen-bond donors (Lipinski definition) is 2. The average Bonchev–Trinajstić information content (AvgIpc) is 3.02. The summed E-state index contributed by atoms with van der Waals surface area (Å²) >= 11 is 1.46. The third-order valence-electron chi connectivity index (χ3n) is 4.13. The normalized spacial score (nSPS) is 15.4. The Bertz CT molecular complexity index is 665. The SMILES string of the molecule is Cc1nc(-c2ccccc2)c(C(=O)NCCCN2CCNCC2)s1. The maximum atomic E-state index is 12.5. The van der Waals surface area contributed by atoms with Crippen molar-refractivity contribution < 1.29 is 4.79 Å². The molecule has 1 aliphatic rings. The van der Waals surface area contributed by atoms with E-state index in [9.17, 15) is 4.79 Å². The van der Waals surface area contributed by atoms with Crippen molar-refractivity contribution in [3.8, 4) is 11.3 Å². The van der Waals surface area contributed by atoms with Crippen LogP contribution in [0.1, 0.15) is 21.1 Å². The number of benzene rings is 1. The second-order valence-corrected chi connectivity index (χ2v) is 7.18. The zero-order chi connectivity index (χ0) is 16.8. The lowest BCUT2D eigenvalue weighted by molar-refractivity contribution is 0.0955. The fraction of sp³-hybridized carbons (Fsp3) is 0.444. The lowest BCUT2D eigenvalue weighted by Gasteiger charge is -2.27. The summed E-state index contributed by atoms with van der Waals surface area (Å²) in [6, 6.07) is 9.91.